The molecule has 3 rings (SSSR count). The van der Waals surface area contributed by atoms with Crippen LogP contribution in [-0.2, 0) is 11.9 Å². The molecule has 0 fully saturated rings. The summed E-state index contributed by atoms with van der Waals surface area (Å²) in [5.41, 5.74) is 0.294. The number of nitro benzene ring substituents is 1. The van der Waals surface area contributed by atoms with Crippen LogP contribution in [0.4, 0.5) is 18.9 Å². The standard InChI is InChI=1S/C14H9F3N4O2S/c15-14(16,17)10-3-6-12-18-19-13(20(12)7-10)24-8-9-1-4-11(5-2-9)21(22)23/h1-7H,8H2. The molecule has 0 unspecified atom stereocenters. The lowest BCUT2D eigenvalue weighted by atomic mass is 10.2. The van der Waals surface area contributed by atoms with Gasteiger partial charge in [0, 0.05) is 24.1 Å². The van der Waals surface area contributed by atoms with E-state index in [2.05, 4.69) is 10.2 Å². The van der Waals surface area contributed by atoms with Crippen LogP contribution in [0.25, 0.3) is 5.65 Å². The highest BCUT2D eigenvalue weighted by Crippen LogP contribution is 2.30. The molecular weight excluding hydrogens is 345 g/mol. The molecule has 0 radical (unpaired) electrons. The topological polar surface area (TPSA) is 73.3 Å². The molecule has 2 heterocycles. The highest BCUT2D eigenvalue weighted by molar-refractivity contribution is 7.98. The number of halogens is 3. The van der Waals surface area contributed by atoms with Crippen LogP contribution in [0.1, 0.15) is 11.1 Å². The molecule has 124 valence electrons. The van der Waals surface area contributed by atoms with Crippen LogP contribution < -0.4 is 0 Å². The minimum Gasteiger partial charge on any atom is -0.277 e. The van der Waals surface area contributed by atoms with Crippen molar-refractivity contribution in [1.29, 1.82) is 0 Å². The van der Waals surface area contributed by atoms with Gasteiger partial charge < -0.3 is 0 Å². The zero-order valence-electron chi connectivity index (χ0n) is 11.9. The highest BCUT2D eigenvalue weighted by Gasteiger charge is 2.31. The maximum absolute atomic E-state index is 12.8. The number of alkyl halides is 3. The molecule has 0 saturated carbocycles. The Morgan fingerprint density at radius 2 is 1.83 bits per heavy atom. The molecule has 6 nitrogen and oxygen atoms in total. The third-order valence-corrected chi connectivity index (χ3v) is 4.23. The molecule has 0 amide bonds. The predicted molar refractivity (Wildman–Crippen MR) is 80.6 cm³/mol. The predicted octanol–water partition coefficient (Wildman–Crippen LogP) is 3.95. The number of benzene rings is 1. The van der Waals surface area contributed by atoms with E-state index < -0.39 is 16.7 Å². The smallest absolute Gasteiger partial charge is 0.277 e. The molecule has 0 bridgehead atoms. The van der Waals surface area contributed by atoms with Gasteiger partial charge in [-0.1, -0.05) is 23.9 Å². The maximum atomic E-state index is 12.8. The largest absolute Gasteiger partial charge is 0.417 e. The molecule has 3 aromatic rings. The summed E-state index contributed by atoms with van der Waals surface area (Å²) in [5.74, 6) is 0.398. The first kappa shape index (κ1) is 16.2. The van der Waals surface area contributed by atoms with Gasteiger partial charge in [0.25, 0.3) is 5.69 Å². The number of aromatic nitrogens is 3. The quantitative estimate of drug-likeness (QED) is 0.403. The van der Waals surface area contributed by atoms with Crippen LogP contribution in [0.2, 0.25) is 0 Å². The Balaban J connectivity index is 1.81. The fourth-order valence-electron chi connectivity index (χ4n) is 2.00. The van der Waals surface area contributed by atoms with Gasteiger partial charge in [-0.25, -0.2) is 0 Å². The van der Waals surface area contributed by atoms with Gasteiger partial charge in [-0.15, -0.1) is 10.2 Å². The van der Waals surface area contributed by atoms with Gasteiger partial charge in [0.05, 0.1) is 10.5 Å². The minimum absolute atomic E-state index is 0.0218. The van der Waals surface area contributed by atoms with E-state index in [0.29, 0.717) is 16.6 Å². The third-order valence-electron chi connectivity index (χ3n) is 3.21. The van der Waals surface area contributed by atoms with Crippen molar-refractivity contribution in [3.63, 3.8) is 0 Å². The third kappa shape index (κ3) is 3.32. The summed E-state index contributed by atoms with van der Waals surface area (Å²) in [6, 6.07) is 8.14. The molecule has 0 saturated heterocycles. The SMILES string of the molecule is O=[N+]([O-])c1ccc(CSc2nnc3ccc(C(F)(F)F)cn23)cc1. The fraction of sp³-hybridized carbons (Fsp3) is 0.143. The van der Waals surface area contributed by atoms with Gasteiger partial charge in [0.1, 0.15) is 0 Å². The van der Waals surface area contributed by atoms with Crippen molar-refractivity contribution < 1.29 is 18.1 Å². The number of rotatable bonds is 4. The van der Waals surface area contributed by atoms with Gasteiger partial charge in [-0.05, 0) is 17.7 Å². The number of pyridine rings is 1. The monoisotopic (exact) mass is 354 g/mol. The molecule has 0 aliphatic heterocycles. The van der Waals surface area contributed by atoms with Crippen molar-refractivity contribution in [2.45, 2.75) is 17.1 Å². The summed E-state index contributed by atoms with van der Waals surface area (Å²) in [6.07, 6.45) is -3.49. The molecule has 0 aliphatic rings. The van der Waals surface area contributed by atoms with Crippen LogP contribution in [0.5, 0.6) is 0 Å². The van der Waals surface area contributed by atoms with E-state index in [-0.39, 0.29) is 5.69 Å². The van der Waals surface area contributed by atoms with Crippen molar-refractivity contribution in [3.05, 3.63) is 63.8 Å². The number of hydrogen-bond donors (Lipinski definition) is 0. The lowest BCUT2D eigenvalue weighted by Gasteiger charge is -2.07. The van der Waals surface area contributed by atoms with E-state index in [1.807, 2.05) is 0 Å². The fourth-order valence-corrected chi connectivity index (χ4v) is 2.87. The molecule has 0 spiro atoms. The minimum atomic E-state index is -4.45. The Labute approximate surface area is 137 Å². The summed E-state index contributed by atoms with van der Waals surface area (Å²) >= 11 is 1.20. The Kier molecular flexibility index (Phi) is 4.14. The molecule has 0 N–H and O–H groups in total. The molecule has 24 heavy (non-hydrogen) atoms. The van der Waals surface area contributed by atoms with E-state index in [1.165, 1.54) is 34.4 Å². The van der Waals surface area contributed by atoms with Gasteiger partial charge in [0.2, 0.25) is 0 Å². The number of nitrogens with zero attached hydrogens (tertiary/aromatic N) is 4. The van der Waals surface area contributed by atoms with E-state index >= 15 is 0 Å². The molecule has 2 aromatic heterocycles. The van der Waals surface area contributed by atoms with Crippen LogP contribution in [0.3, 0.4) is 0 Å². The molecular formula is C14H9F3N4O2S. The number of thioether (sulfide) groups is 1. The number of nitro groups is 1. The normalized spacial score (nSPS) is 11.8. The summed E-state index contributed by atoms with van der Waals surface area (Å²) in [4.78, 5) is 10.1. The Bertz CT molecular complexity index is 893. The van der Waals surface area contributed by atoms with Crippen molar-refractivity contribution >= 4 is 23.1 Å². The summed E-state index contributed by atoms with van der Waals surface area (Å²) < 4.78 is 39.7. The zero-order valence-corrected chi connectivity index (χ0v) is 12.7. The molecule has 1 aromatic carbocycles. The van der Waals surface area contributed by atoms with Gasteiger partial charge >= 0.3 is 6.18 Å². The van der Waals surface area contributed by atoms with E-state index in [9.17, 15) is 23.3 Å². The van der Waals surface area contributed by atoms with Crippen LogP contribution in [0, 0.1) is 10.1 Å². The molecule has 10 heteroatoms. The summed E-state index contributed by atoms with van der Waals surface area (Å²) in [6.45, 7) is 0. The lowest BCUT2D eigenvalue weighted by Crippen LogP contribution is -2.06. The van der Waals surface area contributed by atoms with Crippen molar-refractivity contribution in [2.24, 2.45) is 0 Å². The second-order valence-electron chi connectivity index (χ2n) is 4.84. The molecule has 0 aliphatic carbocycles. The second-order valence-corrected chi connectivity index (χ2v) is 5.78. The lowest BCUT2D eigenvalue weighted by molar-refractivity contribution is -0.384. The van der Waals surface area contributed by atoms with Crippen LogP contribution in [-0.4, -0.2) is 19.5 Å². The van der Waals surface area contributed by atoms with Gasteiger partial charge in [-0.3, -0.25) is 14.5 Å². The number of hydrogen-bond acceptors (Lipinski definition) is 5. The summed E-state index contributed by atoms with van der Waals surface area (Å²) in [5, 5.41) is 18.6. The van der Waals surface area contributed by atoms with Crippen LogP contribution in [0.15, 0.2) is 47.8 Å². The van der Waals surface area contributed by atoms with E-state index in [0.717, 1.165) is 17.8 Å². The van der Waals surface area contributed by atoms with Gasteiger partial charge in [-0.2, -0.15) is 13.2 Å². The maximum Gasteiger partial charge on any atom is 0.417 e. The van der Waals surface area contributed by atoms with Gasteiger partial charge in [0.15, 0.2) is 10.8 Å². The first-order chi connectivity index (χ1) is 11.3. The first-order valence-corrected chi connectivity index (χ1v) is 7.61. The zero-order chi connectivity index (χ0) is 17.3. The molecule has 0 atom stereocenters. The van der Waals surface area contributed by atoms with E-state index in [1.54, 1.807) is 12.1 Å². The number of fused-ring (bicyclic) bond motifs is 1. The average molecular weight is 354 g/mol. The van der Waals surface area contributed by atoms with Crippen molar-refractivity contribution in [2.75, 3.05) is 0 Å². The van der Waals surface area contributed by atoms with Crippen molar-refractivity contribution in [1.82, 2.24) is 14.6 Å². The summed E-state index contributed by atoms with van der Waals surface area (Å²) in [7, 11) is 0. The number of non-ortho nitro benzene ring substituents is 1. The van der Waals surface area contributed by atoms with E-state index in [4.69, 9.17) is 0 Å². The highest BCUT2D eigenvalue weighted by atomic mass is 32.2. The van der Waals surface area contributed by atoms with Crippen LogP contribution >= 0.6 is 11.8 Å². The Morgan fingerprint density at radius 1 is 1.12 bits per heavy atom. The average Bonchev–Trinajstić information content (AvgIpc) is 2.95. The second kappa shape index (κ2) is 6.11. The first-order valence-electron chi connectivity index (χ1n) is 6.63. The Hall–Kier alpha value is -2.62. The van der Waals surface area contributed by atoms with Crippen molar-refractivity contribution in [3.8, 4) is 0 Å². The Morgan fingerprint density at radius 3 is 2.46 bits per heavy atom.